The van der Waals surface area contributed by atoms with Gasteiger partial charge < -0.3 is 15.0 Å². The Bertz CT molecular complexity index is 762. The molecule has 0 aromatic carbocycles. The van der Waals surface area contributed by atoms with Crippen molar-refractivity contribution in [3.05, 3.63) is 22.2 Å². The Labute approximate surface area is 150 Å². The van der Waals surface area contributed by atoms with E-state index in [1.54, 1.807) is 0 Å². The summed E-state index contributed by atoms with van der Waals surface area (Å²) >= 11 is 0. The lowest BCUT2D eigenvalue weighted by Crippen LogP contribution is -2.28. The van der Waals surface area contributed by atoms with Crippen molar-refractivity contribution >= 4 is 22.7 Å². The molecular formula is C13H18N3O8P2+. The van der Waals surface area contributed by atoms with Crippen LogP contribution in [0.25, 0.3) is 0 Å². The maximum atomic E-state index is 12.1. The monoisotopic (exact) mass is 406 g/mol. The highest BCUT2D eigenvalue weighted by Gasteiger charge is 2.32. The van der Waals surface area contributed by atoms with Gasteiger partial charge in [-0.2, -0.15) is 9.66 Å². The molecule has 1 fully saturated rings. The van der Waals surface area contributed by atoms with Crippen LogP contribution in [0.4, 0.5) is 5.82 Å². The van der Waals surface area contributed by atoms with Gasteiger partial charge in [-0.3, -0.25) is 4.57 Å². The number of ether oxygens (including phenoxy) is 1. The number of nitrogens with two attached hydrogens (primary N) is 1. The molecule has 4 atom stereocenters. The van der Waals surface area contributed by atoms with E-state index >= 15 is 0 Å². The fourth-order valence-electron chi connectivity index (χ4n) is 2.24. The lowest BCUT2D eigenvalue weighted by Gasteiger charge is -2.16. The van der Waals surface area contributed by atoms with Crippen LogP contribution >= 0.6 is 16.9 Å². The van der Waals surface area contributed by atoms with Crippen molar-refractivity contribution in [2.24, 2.45) is 0 Å². The Hall–Kier alpha value is -1.47. The zero-order chi connectivity index (χ0) is 19.1. The van der Waals surface area contributed by atoms with Gasteiger partial charge >= 0.3 is 22.5 Å². The second-order valence-corrected chi connectivity index (χ2v) is 7.09. The summed E-state index contributed by atoms with van der Waals surface area (Å²) < 4.78 is 30.8. The van der Waals surface area contributed by atoms with Gasteiger partial charge in [0.05, 0.1) is 18.3 Å². The van der Waals surface area contributed by atoms with Crippen LogP contribution in [0.3, 0.4) is 0 Å². The van der Waals surface area contributed by atoms with Crippen LogP contribution < -0.4 is 11.4 Å². The van der Waals surface area contributed by atoms with Crippen molar-refractivity contribution in [3.63, 3.8) is 0 Å². The summed E-state index contributed by atoms with van der Waals surface area (Å²) in [4.78, 5) is 24.4. The molecule has 13 heteroatoms. The quantitative estimate of drug-likeness (QED) is 0.263. The summed E-state index contributed by atoms with van der Waals surface area (Å²) in [7, 11) is -5.36. The van der Waals surface area contributed by atoms with Crippen molar-refractivity contribution < 1.29 is 33.0 Å². The second-order valence-electron chi connectivity index (χ2n) is 5.10. The first-order chi connectivity index (χ1) is 12.4. The van der Waals surface area contributed by atoms with Gasteiger partial charge in [-0.1, -0.05) is 18.8 Å². The Morgan fingerprint density at radius 3 is 3.00 bits per heavy atom. The molecule has 1 aromatic rings. The molecule has 142 valence electrons. The number of rotatable bonds is 7. The third-order valence-corrected chi connectivity index (χ3v) is 4.93. The van der Waals surface area contributed by atoms with E-state index in [0.29, 0.717) is 24.8 Å². The van der Waals surface area contributed by atoms with Gasteiger partial charge in [-0.25, -0.2) is 10.1 Å². The first-order valence-corrected chi connectivity index (χ1v) is 9.79. The average molecular weight is 406 g/mol. The molecule has 1 aromatic heterocycles. The minimum absolute atomic E-state index is 0.0612. The zero-order valence-corrected chi connectivity index (χ0v) is 15.6. The van der Waals surface area contributed by atoms with Crippen LogP contribution in [0.1, 0.15) is 38.0 Å². The molecule has 26 heavy (non-hydrogen) atoms. The molecular weight excluding hydrogens is 388 g/mol. The van der Waals surface area contributed by atoms with Crippen LogP contribution in [0, 0.1) is 11.8 Å². The highest BCUT2D eigenvalue weighted by atomic mass is 31.2. The van der Waals surface area contributed by atoms with E-state index in [1.807, 2.05) is 6.92 Å². The Morgan fingerprint density at radius 2 is 2.35 bits per heavy atom. The SMILES string of the molecule is CCC#Cc1cn([C@H]2CC[C@@H](COP(OO)O[P+](=O)O)O2)c(=O)nc1N. The average Bonchev–Trinajstić information content (AvgIpc) is 3.06. The highest BCUT2D eigenvalue weighted by Crippen LogP contribution is 2.47. The second kappa shape index (κ2) is 10.0. The molecule has 2 heterocycles. The number of anilines is 1. The van der Waals surface area contributed by atoms with Crippen molar-refractivity contribution in [2.45, 2.75) is 38.5 Å². The van der Waals surface area contributed by atoms with E-state index in [-0.39, 0.29) is 12.4 Å². The molecule has 1 saturated heterocycles. The van der Waals surface area contributed by atoms with E-state index in [2.05, 4.69) is 25.8 Å². The number of nitrogens with zero attached hydrogens (tertiary/aromatic N) is 2. The van der Waals surface area contributed by atoms with Gasteiger partial charge in [0.1, 0.15) is 12.0 Å². The normalized spacial score (nSPS) is 21.1. The maximum Gasteiger partial charge on any atom is 0.703 e. The first kappa shape index (κ1) is 20.8. The molecule has 4 N–H and O–H groups in total. The molecule has 1 aliphatic rings. The van der Waals surface area contributed by atoms with E-state index < -0.39 is 34.9 Å². The van der Waals surface area contributed by atoms with Crippen LogP contribution in [0.15, 0.2) is 11.0 Å². The van der Waals surface area contributed by atoms with Crippen LogP contribution in [0.5, 0.6) is 0 Å². The predicted octanol–water partition coefficient (Wildman–Crippen LogP) is 1.66. The molecule has 0 spiro atoms. The molecule has 1 aliphatic heterocycles. The number of nitrogen functional groups attached to an aromatic ring is 1. The summed E-state index contributed by atoms with van der Waals surface area (Å²) in [5.41, 5.74) is 5.59. The number of hydrogen-bond donors (Lipinski definition) is 3. The van der Waals surface area contributed by atoms with Crippen molar-refractivity contribution in [3.8, 4) is 11.8 Å². The molecule has 2 rings (SSSR count). The highest BCUT2D eigenvalue weighted by molar-refractivity contribution is 7.51. The lowest BCUT2D eigenvalue weighted by molar-refractivity contribution is -0.150. The van der Waals surface area contributed by atoms with Gasteiger partial charge in [0.25, 0.3) is 0 Å². The molecule has 0 amide bonds. The van der Waals surface area contributed by atoms with Crippen molar-refractivity contribution in [2.75, 3.05) is 12.3 Å². The number of aromatic nitrogens is 2. The topological polar surface area (TPSA) is 155 Å². The molecule has 11 nitrogen and oxygen atoms in total. The maximum absolute atomic E-state index is 12.1. The first-order valence-electron chi connectivity index (χ1n) is 7.56. The van der Waals surface area contributed by atoms with Gasteiger partial charge in [0, 0.05) is 17.2 Å². The zero-order valence-electron chi connectivity index (χ0n) is 13.8. The van der Waals surface area contributed by atoms with Crippen LogP contribution in [0.2, 0.25) is 0 Å². The molecule has 0 radical (unpaired) electrons. The van der Waals surface area contributed by atoms with Gasteiger partial charge in [-0.05, 0) is 17.2 Å². The van der Waals surface area contributed by atoms with Crippen LogP contribution in [-0.2, 0) is 22.8 Å². The van der Waals surface area contributed by atoms with Gasteiger partial charge in [-0.15, -0.1) is 4.89 Å². The largest absolute Gasteiger partial charge is 0.703 e. The van der Waals surface area contributed by atoms with E-state index in [9.17, 15) is 9.36 Å². The minimum atomic E-state index is -2.98. The minimum Gasteiger partial charge on any atom is -0.382 e. The molecule has 0 bridgehead atoms. The predicted molar refractivity (Wildman–Crippen MR) is 90.7 cm³/mol. The van der Waals surface area contributed by atoms with Crippen molar-refractivity contribution in [1.82, 2.24) is 9.55 Å². The standard InChI is InChI=1S/C13H17N3O8P2/c1-2-3-4-9-7-16(13(17)15-12(9)14)11-6-5-10(22-11)8-21-26(23-18)24-25(19)20/h7,10-11H,2,5-6,8H2,1H3,(H3-,14,15,17,18,19,20)/p+1/t10-,11+,26?/m0/s1. The number of hydrogen-bond acceptors (Lipinski definition) is 9. The molecule has 0 saturated carbocycles. The third-order valence-electron chi connectivity index (χ3n) is 3.35. The summed E-state index contributed by atoms with van der Waals surface area (Å²) in [6.07, 6.45) is 2.17. The Morgan fingerprint density at radius 1 is 1.58 bits per heavy atom. The summed E-state index contributed by atoms with van der Waals surface area (Å²) in [6, 6.07) is 0. The smallest absolute Gasteiger partial charge is 0.382 e. The fourth-order valence-corrected chi connectivity index (χ4v) is 3.34. The van der Waals surface area contributed by atoms with Gasteiger partial charge in [0.15, 0.2) is 0 Å². The summed E-state index contributed by atoms with van der Waals surface area (Å²) in [5, 5.41) is 8.56. The molecule has 2 unspecified atom stereocenters. The summed E-state index contributed by atoms with van der Waals surface area (Å²) in [6.45, 7) is 1.82. The molecule has 0 aliphatic carbocycles. The Kier molecular flexibility index (Phi) is 8.03. The Balaban J connectivity index is 2.02. The van der Waals surface area contributed by atoms with Crippen molar-refractivity contribution in [1.29, 1.82) is 0 Å². The van der Waals surface area contributed by atoms with E-state index in [4.69, 9.17) is 25.1 Å². The van der Waals surface area contributed by atoms with Gasteiger partial charge in [0.2, 0.25) is 0 Å². The van der Waals surface area contributed by atoms with E-state index in [0.717, 1.165) is 0 Å². The van der Waals surface area contributed by atoms with E-state index in [1.165, 1.54) is 10.8 Å². The fraction of sp³-hybridized carbons (Fsp3) is 0.538. The summed E-state index contributed by atoms with van der Waals surface area (Å²) in [5.74, 6) is 5.77. The van der Waals surface area contributed by atoms with Crippen LogP contribution in [-0.4, -0.2) is 32.4 Å². The third kappa shape index (κ3) is 5.77. The lowest BCUT2D eigenvalue weighted by atomic mass is 10.2.